The highest BCUT2D eigenvalue weighted by Crippen LogP contribution is 2.18. The van der Waals surface area contributed by atoms with Gasteiger partial charge in [0.2, 0.25) is 5.91 Å². The summed E-state index contributed by atoms with van der Waals surface area (Å²) in [6.07, 6.45) is 0. The quantitative estimate of drug-likeness (QED) is 0.762. The Bertz CT molecular complexity index is 311. The number of hydrogen-bond acceptors (Lipinski definition) is 2. The number of nitrogens with two attached hydrogens (primary N) is 1. The van der Waals surface area contributed by atoms with E-state index in [1.54, 1.807) is 0 Å². The van der Waals surface area contributed by atoms with Crippen molar-refractivity contribution < 1.29 is 4.79 Å². The Morgan fingerprint density at radius 3 is 2.47 bits per heavy atom. The van der Waals surface area contributed by atoms with Gasteiger partial charge >= 0.3 is 0 Å². The molecule has 1 rings (SSSR count). The molecule has 3 nitrogen and oxygen atoms in total. The molecule has 1 aromatic carbocycles. The number of primary amides is 1. The van der Waals surface area contributed by atoms with Crippen LogP contribution in [-0.2, 0) is 4.79 Å². The van der Waals surface area contributed by atoms with Crippen LogP contribution in [0, 0.1) is 0 Å². The minimum atomic E-state index is -0.298. The first-order valence-corrected chi connectivity index (χ1v) is 5.24. The van der Waals surface area contributed by atoms with Gasteiger partial charge in [-0.1, -0.05) is 44.2 Å². The second-order valence-corrected chi connectivity index (χ2v) is 3.64. The predicted octanol–water partition coefficient (Wildman–Crippen LogP) is 1.25. The van der Waals surface area contributed by atoms with E-state index in [9.17, 15) is 4.79 Å². The summed E-state index contributed by atoms with van der Waals surface area (Å²) in [6.45, 7) is 4.71. The third kappa shape index (κ3) is 3.06. The zero-order valence-corrected chi connectivity index (χ0v) is 9.23. The molecule has 15 heavy (non-hydrogen) atoms. The standard InChI is InChI=1S/C12H18N2O/c1-3-14-11(12(13)15)9(2)10-7-5-4-6-8-10/h4-9,11,14H,3H2,1-2H3,(H2,13,15). The van der Waals surface area contributed by atoms with E-state index < -0.39 is 0 Å². The molecular formula is C12H18N2O. The Morgan fingerprint density at radius 2 is 2.00 bits per heavy atom. The first-order valence-electron chi connectivity index (χ1n) is 5.24. The summed E-state index contributed by atoms with van der Waals surface area (Å²) in [4.78, 5) is 11.3. The Balaban J connectivity index is 2.81. The van der Waals surface area contributed by atoms with Crippen molar-refractivity contribution in [3.63, 3.8) is 0 Å². The fourth-order valence-electron chi connectivity index (χ4n) is 1.69. The summed E-state index contributed by atoms with van der Waals surface area (Å²) >= 11 is 0. The molecule has 0 aliphatic carbocycles. The van der Waals surface area contributed by atoms with E-state index >= 15 is 0 Å². The van der Waals surface area contributed by atoms with E-state index in [0.29, 0.717) is 0 Å². The highest BCUT2D eigenvalue weighted by molar-refractivity contribution is 5.81. The Kier molecular flexibility index (Phi) is 4.31. The summed E-state index contributed by atoms with van der Waals surface area (Å²) in [5.74, 6) is -0.197. The Hall–Kier alpha value is -1.35. The van der Waals surface area contributed by atoms with E-state index in [0.717, 1.165) is 12.1 Å². The van der Waals surface area contributed by atoms with E-state index in [-0.39, 0.29) is 17.9 Å². The van der Waals surface area contributed by atoms with Crippen molar-refractivity contribution in [2.24, 2.45) is 5.73 Å². The molecule has 0 bridgehead atoms. The van der Waals surface area contributed by atoms with Crippen molar-refractivity contribution in [1.29, 1.82) is 0 Å². The number of carbonyl (C=O) groups excluding carboxylic acids is 1. The molecule has 0 aromatic heterocycles. The van der Waals surface area contributed by atoms with Gasteiger partial charge in [0.15, 0.2) is 0 Å². The summed E-state index contributed by atoms with van der Waals surface area (Å²) < 4.78 is 0. The molecule has 0 spiro atoms. The maximum Gasteiger partial charge on any atom is 0.235 e. The number of likely N-dealkylation sites (N-methyl/N-ethyl adjacent to an activating group) is 1. The van der Waals surface area contributed by atoms with Crippen LogP contribution in [0.15, 0.2) is 30.3 Å². The van der Waals surface area contributed by atoms with Gasteiger partial charge in [0.25, 0.3) is 0 Å². The zero-order valence-electron chi connectivity index (χ0n) is 9.23. The van der Waals surface area contributed by atoms with Crippen molar-refractivity contribution in [1.82, 2.24) is 5.32 Å². The van der Waals surface area contributed by atoms with Crippen LogP contribution in [0.4, 0.5) is 0 Å². The lowest BCUT2D eigenvalue weighted by molar-refractivity contribution is -0.120. The molecular weight excluding hydrogens is 188 g/mol. The van der Waals surface area contributed by atoms with Gasteiger partial charge in [-0.2, -0.15) is 0 Å². The van der Waals surface area contributed by atoms with Crippen molar-refractivity contribution in [3.05, 3.63) is 35.9 Å². The summed E-state index contributed by atoms with van der Waals surface area (Å²) in [7, 11) is 0. The number of benzene rings is 1. The van der Waals surface area contributed by atoms with Crippen molar-refractivity contribution in [3.8, 4) is 0 Å². The van der Waals surface area contributed by atoms with E-state index in [2.05, 4.69) is 5.32 Å². The highest BCUT2D eigenvalue weighted by Gasteiger charge is 2.22. The molecule has 2 unspecified atom stereocenters. The van der Waals surface area contributed by atoms with Crippen LogP contribution in [0.3, 0.4) is 0 Å². The largest absolute Gasteiger partial charge is 0.368 e. The van der Waals surface area contributed by atoms with Gasteiger partial charge in [0.05, 0.1) is 6.04 Å². The van der Waals surface area contributed by atoms with Gasteiger partial charge < -0.3 is 11.1 Å². The SMILES string of the molecule is CCNC(C(N)=O)C(C)c1ccccc1. The van der Waals surface area contributed by atoms with E-state index in [1.165, 1.54) is 0 Å². The first-order chi connectivity index (χ1) is 7.16. The van der Waals surface area contributed by atoms with Crippen molar-refractivity contribution in [2.45, 2.75) is 25.8 Å². The third-order valence-corrected chi connectivity index (χ3v) is 2.56. The minimum absolute atomic E-state index is 0.101. The highest BCUT2D eigenvalue weighted by atomic mass is 16.1. The van der Waals surface area contributed by atoms with Crippen LogP contribution >= 0.6 is 0 Å². The Morgan fingerprint density at radius 1 is 1.40 bits per heavy atom. The lowest BCUT2D eigenvalue weighted by Crippen LogP contribution is -2.44. The topological polar surface area (TPSA) is 55.1 Å². The van der Waals surface area contributed by atoms with E-state index in [1.807, 2.05) is 44.2 Å². The minimum Gasteiger partial charge on any atom is -0.368 e. The average Bonchev–Trinajstić information content (AvgIpc) is 2.26. The molecule has 0 saturated heterocycles. The molecule has 1 amide bonds. The zero-order chi connectivity index (χ0) is 11.3. The van der Waals surface area contributed by atoms with Crippen LogP contribution in [0.2, 0.25) is 0 Å². The molecule has 3 heteroatoms. The molecule has 3 N–H and O–H groups in total. The van der Waals surface area contributed by atoms with Gasteiger partial charge in [0, 0.05) is 5.92 Å². The number of amides is 1. The fraction of sp³-hybridized carbons (Fsp3) is 0.417. The number of nitrogens with one attached hydrogen (secondary N) is 1. The van der Waals surface area contributed by atoms with Gasteiger partial charge in [-0.05, 0) is 12.1 Å². The Labute approximate surface area is 90.7 Å². The molecule has 0 saturated carbocycles. The van der Waals surface area contributed by atoms with E-state index in [4.69, 9.17) is 5.73 Å². The van der Waals surface area contributed by atoms with Crippen LogP contribution in [0.25, 0.3) is 0 Å². The summed E-state index contributed by atoms with van der Waals surface area (Å²) in [5, 5.41) is 3.11. The maximum atomic E-state index is 11.3. The van der Waals surface area contributed by atoms with Gasteiger partial charge in [-0.15, -0.1) is 0 Å². The molecule has 0 aliphatic rings. The number of carbonyl (C=O) groups is 1. The molecule has 82 valence electrons. The number of rotatable bonds is 5. The third-order valence-electron chi connectivity index (χ3n) is 2.56. The molecule has 0 heterocycles. The summed E-state index contributed by atoms with van der Waals surface area (Å²) in [5.41, 5.74) is 6.49. The van der Waals surface area contributed by atoms with Crippen LogP contribution in [-0.4, -0.2) is 18.5 Å². The molecule has 1 aromatic rings. The lowest BCUT2D eigenvalue weighted by atomic mass is 9.93. The van der Waals surface area contributed by atoms with Gasteiger partial charge in [-0.3, -0.25) is 4.79 Å². The molecule has 0 fully saturated rings. The molecule has 2 atom stereocenters. The predicted molar refractivity (Wildman–Crippen MR) is 61.5 cm³/mol. The van der Waals surface area contributed by atoms with Crippen LogP contribution in [0.5, 0.6) is 0 Å². The van der Waals surface area contributed by atoms with Crippen molar-refractivity contribution >= 4 is 5.91 Å². The van der Waals surface area contributed by atoms with Crippen LogP contribution < -0.4 is 11.1 Å². The maximum absolute atomic E-state index is 11.3. The van der Waals surface area contributed by atoms with Crippen molar-refractivity contribution in [2.75, 3.05) is 6.54 Å². The average molecular weight is 206 g/mol. The first kappa shape index (κ1) is 11.7. The molecule has 0 radical (unpaired) electrons. The lowest BCUT2D eigenvalue weighted by Gasteiger charge is -2.22. The second-order valence-electron chi connectivity index (χ2n) is 3.64. The smallest absolute Gasteiger partial charge is 0.235 e. The second kappa shape index (κ2) is 5.51. The monoisotopic (exact) mass is 206 g/mol. The van der Waals surface area contributed by atoms with Crippen LogP contribution in [0.1, 0.15) is 25.3 Å². The normalized spacial score (nSPS) is 14.5. The fourth-order valence-corrected chi connectivity index (χ4v) is 1.69. The summed E-state index contributed by atoms with van der Waals surface area (Å²) in [6, 6.07) is 9.63. The number of hydrogen-bond donors (Lipinski definition) is 2. The van der Waals surface area contributed by atoms with Gasteiger partial charge in [-0.25, -0.2) is 0 Å². The molecule has 0 aliphatic heterocycles. The van der Waals surface area contributed by atoms with Gasteiger partial charge in [0.1, 0.15) is 0 Å².